The molecule has 0 heterocycles. The smallest absolute Gasteiger partial charge is 0.462 e. The molecule has 80 heavy (non-hydrogen) atoms. The van der Waals surface area contributed by atoms with E-state index in [0.29, 0.717) is 19.3 Å². The summed E-state index contributed by atoms with van der Waals surface area (Å²) < 4.78 is 39.6. The SMILES string of the molecule is CC/C=C\C/C=C\C/C=C\C/C=C\C/C=C\CCCCCC(=O)OC(COC(=O)CCCCCCCCCCCCCCCCCCCCC)COP(=O)(O)OCC(CO)OC(=O)CCCC/C=C\C/C=C\C/C=C\C/C=C\CC. The zero-order chi connectivity index (χ0) is 58.3. The molecule has 0 saturated carbocycles. The van der Waals surface area contributed by atoms with E-state index in [-0.39, 0.29) is 25.9 Å². The standard InChI is InChI=1S/C68H115O11P/c1-4-7-10-13-16-19-22-25-28-30-32-34-37-39-42-45-48-51-54-57-66(70)75-61-65(79-68(72)59-56-53-50-47-44-41-38-35-33-31-29-26-23-20-17-14-11-8-5-2)63-77-80(73,74)76-62-64(60-69)78-67(71)58-55-52-49-46-43-40-36-27-24-21-18-15-12-9-6-3/h8-9,11-12,17-18,20-21,26-27,29,33,35-36,41,43-44,46,64-65,69H,4-7,10,13-16,19,22-25,28,30-32,34,37-40,42,45,47-63H2,1-3H3,(H,73,74)/b11-8-,12-9-,20-17-,21-18-,29-26-,35-33-,36-27-,44-41-,46-43-. The molecule has 0 aromatic heterocycles. The second-order valence-corrected chi connectivity index (χ2v) is 22.3. The van der Waals surface area contributed by atoms with Gasteiger partial charge in [-0.3, -0.25) is 23.4 Å². The lowest BCUT2D eigenvalue weighted by molar-refractivity contribution is -0.161. The van der Waals surface area contributed by atoms with Crippen LogP contribution in [0.5, 0.6) is 0 Å². The summed E-state index contributed by atoms with van der Waals surface area (Å²) in [6, 6.07) is 0. The first kappa shape index (κ1) is 76.1. The van der Waals surface area contributed by atoms with Crippen molar-refractivity contribution in [2.75, 3.05) is 26.4 Å². The third-order valence-corrected chi connectivity index (χ3v) is 14.1. The summed E-state index contributed by atoms with van der Waals surface area (Å²) >= 11 is 0. The highest BCUT2D eigenvalue weighted by atomic mass is 31.2. The van der Waals surface area contributed by atoms with Crippen molar-refractivity contribution in [3.05, 3.63) is 109 Å². The number of aliphatic hydroxyl groups excluding tert-OH is 1. The first-order valence-electron chi connectivity index (χ1n) is 31.8. The maximum Gasteiger partial charge on any atom is 0.472 e. The van der Waals surface area contributed by atoms with Crippen LogP contribution in [0.4, 0.5) is 0 Å². The summed E-state index contributed by atoms with van der Waals surface area (Å²) in [5.74, 6) is -1.55. The van der Waals surface area contributed by atoms with Gasteiger partial charge in [-0.25, -0.2) is 4.57 Å². The minimum absolute atomic E-state index is 0.118. The molecule has 3 unspecified atom stereocenters. The van der Waals surface area contributed by atoms with Gasteiger partial charge in [0.05, 0.1) is 19.8 Å². The second-order valence-electron chi connectivity index (χ2n) is 20.8. The van der Waals surface area contributed by atoms with Crippen molar-refractivity contribution in [3.8, 4) is 0 Å². The fraction of sp³-hybridized carbons (Fsp3) is 0.691. The molecule has 0 aromatic carbocycles. The Balaban J connectivity index is 4.80. The van der Waals surface area contributed by atoms with E-state index in [9.17, 15) is 28.9 Å². The monoisotopic (exact) mass is 1140 g/mol. The molecule has 0 bridgehead atoms. The molecule has 0 amide bonds. The van der Waals surface area contributed by atoms with Crippen LogP contribution in [0.25, 0.3) is 0 Å². The summed E-state index contributed by atoms with van der Waals surface area (Å²) in [5, 5.41) is 9.83. The number of hydrogen-bond acceptors (Lipinski definition) is 10. The Morgan fingerprint density at radius 2 is 0.650 bits per heavy atom. The summed E-state index contributed by atoms with van der Waals surface area (Å²) in [4.78, 5) is 48.7. The molecular weight excluding hydrogens is 1020 g/mol. The normalized spacial score (nSPS) is 14.0. The minimum atomic E-state index is -4.78. The fourth-order valence-electron chi connectivity index (χ4n) is 8.43. The van der Waals surface area contributed by atoms with Gasteiger partial charge in [-0.15, -0.1) is 0 Å². The molecule has 0 aliphatic heterocycles. The lowest BCUT2D eigenvalue weighted by atomic mass is 10.0. The lowest BCUT2D eigenvalue weighted by Gasteiger charge is -2.21. The van der Waals surface area contributed by atoms with Crippen molar-refractivity contribution in [2.45, 2.75) is 277 Å². The average Bonchev–Trinajstić information content (AvgIpc) is 3.45. The van der Waals surface area contributed by atoms with E-state index in [1.807, 2.05) is 0 Å². The molecule has 0 rings (SSSR count). The molecule has 458 valence electrons. The van der Waals surface area contributed by atoms with Crippen LogP contribution < -0.4 is 0 Å². The van der Waals surface area contributed by atoms with Gasteiger partial charge in [-0.2, -0.15) is 0 Å². The van der Waals surface area contributed by atoms with Gasteiger partial charge in [0.1, 0.15) is 12.7 Å². The molecule has 11 nitrogen and oxygen atoms in total. The Kier molecular flexibility index (Phi) is 58.3. The Hall–Kier alpha value is -3.86. The van der Waals surface area contributed by atoms with Crippen LogP contribution >= 0.6 is 7.82 Å². The number of carbonyl (C=O) groups excluding carboxylic acids is 3. The average molecular weight is 1140 g/mol. The van der Waals surface area contributed by atoms with Crippen LogP contribution in [0.2, 0.25) is 0 Å². The van der Waals surface area contributed by atoms with Crippen molar-refractivity contribution >= 4 is 25.7 Å². The van der Waals surface area contributed by atoms with Crippen LogP contribution in [0.3, 0.4) is 0 Å². The molecule has 12 heteroatoms. The van der Waals surface area contributed by atoms with E-state index >= 15 is 0 Å². The van der Waals surface area contributed by atoms with Gasteiger partial charge >= 0.3 is 25.7 Å². The first-order chi connectivity index (χ1) is 39.2. The molecule has 3 atom stereocenters. The molecule has 0 aliphatic carbocycles. The van der Waals surface area contributed by atoms with Crippen molar-refractivity contribution in [2.24, 2.45) is 0 Å². The predicted octanol–water partition coefficient (Wildman–Crippen LogP) is 19.4. The van der Waals surface area contributed by atoms with Crippen LogP contribution in [0.15, 0.2) is 109 Å². The molecule has 0 fully saturated rings. The maximum atomic E-state index is 12.9. The Labute approximate surface area is 488 Å². The van der Waals surface area contributed by atoms with Gasteiger partial charge in [-0.05, 0) is 103 Å². The van der Waals surface area contributed by atoms with Gasteiger partial charge in [0.2, 0.25) is 0 Å². The van der Waals surface area contributed by atoms with E-state index in [1.165, 1.54) is 96.3 Å². The first-order valence-corrected chi connectivity index (χ1v) is 33.3. The van der Waals surface area contributed by atoms with E-state index in [2.05, 4.69) is 130 Å². The number of aliphatic hydroxyl groups is 1. The second kappa shape index (κ2) is 61.2. The number of phosphoric acid groups is 1. The number of phosphoric ester groups is 1. The zero-order valence-electron chi connectivity index (χ0n) is 50.8. The number of unbranched alkanes of at least 4 members (excludes halogenated alkanes) is 23. The topological polar surface area (TPSA) is 155 Å². The zero-order valence-corrected chi connectivity index (χ0v) is 51.7. The number of carbonyl (C=O) groups is 3. The fourth-order valence-corrected chi connectivity index (χ4v) is 9.22. The lowest BCUT2D eigenvalue weighted by Crippen LogP contribution is -2.30. The number of rotatable bonds is 58. The van der Waals surface area contributed by atoms with Crippen molar-refractivity contribution in [1.82, 2.24) is 0 Å². The molecular formula is C68H115O11P. The third-order valence-electron chi connectivity index (χ3n) is 13.2. The Bertz CT molecular complexity index is 1760. The largest absolute Gasteiger partial charge is 0.472 e. The summed E-state index contributed by atoms with van der Waals surface area (Å²) in [6.07, 6.45) is 74.8. The number of ether oxygens (including phenoxy) is 3. The molecule has 0 spiro atoms. The molecule has 2 N–H and O–H groups in total. The highest BCUT2D eigenvalue weighted by molar-refractivity contribution is 7.47. The maximum absolute atomic E-state index is 12.9. The van der Waals surface area contributed by atoms with Crippen LogP contribution in [-0.2, 0) is 42.2 Å². The van der Waals surface area contributed by atoms with Crippen molar-refractivity contribution in [3.63, 3.8) is 0 Å². The number of esters is 3. The van der Waals surface area contributed by atoms with Crippen molar-refractivity contribution < 1.29 is 52.2 Å². The molecule has 0 aliphatic rings. The Morgan fingerprint density at radius 1 is 0.362 bits per heavy atom. The van der Waals surface area contributed by atoms with Gasteiger partial charge in [-0.1, -0.05) is 252 Å². The predicted molar refractivity (Wildman–Crippen MR) is 334 cm³/mol. The molecule has 0 radical (unpaired) electrons. The minimum Gasteiger partial charge on any atom is -0.462 e. The molecule has 0 aromatic rings. The quantitative estimate of drug-likeness (QED) is 0.0197. The van der Waals surface area contributed by atoms with Crippen LogP contribution in [-0.4, -0.2) is 66.5 Å². The summed E-state index contributed by atoms with van der Waals surface area (Å²) in [7, 11) is -4.78. The number of allylic oxidation sites excluding steroid dienone is 18. The number of hydrogen-bond donors (Lipinski definition) is 2. The highest BCUT2D eigenvalue weighted by Gasteiger charge is 2.28. The van der Waals surface area contributed by atoms with Gasteiger partial charge in [0.15, 0.2) is 6.10 Å². The van der Waals surface area contributed by atoms with Gasteiger partial charge in [0.25, 0.3) is 0 Å². The van der Waals surface area contributed by atoms with Crippen LogP contribution in [0, 0.1) is 0 Å². The summed E-state index contributed by atoms with van der Waals surface area (Å²) in [6.45, 7) is 4.36. The van der Waals surface area contributed by atoms with Gasteiger partial charge < -0.3 is 24.2 Å². The third kappa shape index (κ3) is 58.8. The Morgan fingerprint density at radius 3 is 1.02 bits per heavy atom. The van der Waals surface area contributed by atoms with E-state index in [1.54, 1.807) is 0 Å². The van der Waals surface area contributed by atoms with E-state index in [4.69, 9.17) is 23.3 Å². The van der Waals surface area contributed by atoms with Crippen LogP contribution in [0.1, 0.15) is 265 Å². The summed E-state index contributed by atoms with van der Waals surface area (Å²) in [5.41, 5.74) is 0. The van der Waals surface area contributed by atoms with Gasteiger partial charge in [0, 0.05) is 19.3 Å². The molecule has 0 saturated heterocycles. The van der Waals surface area contributed by atoms with E-state index in [0.717, 1.165) is 109 Å². The van der Waals surface area contributed by atoms with Crippen molar-refractivity contribution in [1.29, 1.82) is 0 Å². The van der Waals surface area contributed by atoms with E-state index < -0.39 is 57.8 Å². The highest BCUT2D eigenvalue weighted by Crippen LogP contribution is 2.43.